The van der Waals surface area contributed by atoms with Gasteiger partial charge in [-0.2, -0.15) is 0 Å². The Morgan fingerprint density at radius 3 is 2.76 bits per heavy atom. The minimum absolute atomic E-state index is 0.0253. The van der Waals surface area contributed by atoms with E-state index < -0.39 is 0 Å². The average molecular weight is 389 g/mol. The smallest absolute Gasteiger partial charge is 0.315 e. The van der Waals surface area contributed by atoms with Gasteiger partial charge in [0.15, 0.2) is 0 Å². The number of rotatable bonds is 5. The summed E-state index contributed by atoms with van der Waals surface area (Å²) in [5.74, 6) is 0.292. The van der Waals surface area contributed by atoms with E-state index in [-0.39, 0.29) is 18.1 Å². The molecule has 0 aromatic heterocycles. The van der Waals surface area contributed by atoms with Crippen molar-refractivity contribution in [1.82, 2.24) is 16.0 Å². The number of amides is 2. The number of phenols is 1. The van der Waals surface area contributed by atoms with Crippen LogP contribution in [0, 0.1) is 0 Å². The van der Waals surface area contributed by atoms with Gasteiger partial charge in [0.05, 0.1) is 6.04 Å². The fourth-order valence-corrected chi connectivity index (χ4v) is 3.98. The van der Waals surface area contributed by atoms with Gasteiger partial charge in [-0.05, 0) is 58.5 Å². The number of benzene rings is 3. The molecule has 5 nitrogen and oxygen atoms in total. The van der Waals surface area contributed by atoms with Gasteiger partial charge in [0.25, 0.3) is 0 Å². The molecule has 1 heterocycles. The topological polar surface area (TPSA) is 73.4 Å². The molecule has 29 heavy (non-hydrogen) atoms. The van der Waals surface area contributed by atoms with Gasteiger partial charge in [-0.3, -0.25) is 0 Å². The Morgan fingerprint density at radius 2 is 1.93 bits per heavy atom. The van der Waals surface area contributed by atoms with Crippen LogP contribution in [0.5, 0.6) is 5.75 Å². The molecule has 150 valence electrons. The van der Waals surface area contributed by atoms with Crippen molar-refractivity contribution < 1.29 is 9.90 Å². The van der Waals surface area contributed by atoms with E-state index in [4.69, 9.17) is 0 Å². The van der Waals surface area contributed by atoms with E-state index >= 15 is 0 Å². The first kappa shape index (κ1) is 19.3. The van der Waals surface area contributed by atoms with E-state index in [9.17, 15) is 9.90 Å². The summed E-state index contributed by atoms with van der Waals surface area (Å²) >= 11 is 0. The van der Waals surface area contributed by atoms with Crippen LogP contribution in [0.3, 0.4) is 0 Å². The number of hydrogen-bond acceptors (Lipinski definition) is 3. The minimum atomic E-state index is -0.150. The fourth-order valence-electron chi connectivity index (χ4n) is 3.98. The van der Waals surface area contributed by atoms with Crippen molar-refractivity contribution in [3.05, 3.63) is 77.4 Å². The SMILES string of the molecule is CCC(NC(=O)NCC1Cc2ccc(O)cc2CN1)c1ccc2ccccc2c1. The Balaban J connectivity index is 1.34. The zero-order valence-electron chi connectivity index (χ0n) is 16.6. The Bertz CT molecular complexity index is 1020. The van der Waals surface area contributed by atoms with Crippen LogP contribution in [-0.4, -0.2) is 23.7 Å². The largest absolute Gasteiger partial charge is 0.508 e. The zero-order valence-corrected chi connectivity index (χ0v) is 16.6. The predicted octanol–water partition coefficient (Wildman–Crippen LogP) is 4.01. The highest BCUT2D eigenvalue weighted by atomic mass is 16.3. The molecule has 0 radical (unpaired) electrons. The van der Waals surface area contributed by atoms with Crippen molar-refractivity contribution in [1.29, 1.82) is 0 Å². The van der Waals surface area contributed by atoms with E-state index in [0.29, 0.717) is 18.8 Å². The molecule has 5 heteroatoms. The summed E-state index contributed by atoms with van der Waals surface area (Å²) < 4.78 is 0. The van der Waals surface area contributed by atoms with Crippen molar-refractivity contribution in [2.75, 3.05) is 6.54 Å². The van der Waals surface area contributed by atoms with Crippen molar-refractivity contribution >= 4 is 16.8 Å². The molecule has 1 aliphatic rings. The van der Waals surface area contributed by atoms with Crippen LogP contribution >= 0.6 is 0 Å². The first-order valence-electron chi connectivity index (χ1n) is 10.2. The van der Waals surface area contributed by atoms with E-state index in [1.807, 2.05) is 18.2 Å². The molecule has 4 N–H and O–H groups in total. The summed E-state index contributed by atoms with van der Waals surface area (Å²) in [7, 11) is 0. The summed E-state index contributed by atoms with van der Waals surface area (Å²) in [5.41, 5.74) is 3.45. The van der Waals surface area contributed by atoms with Crippen LogP contribution in [0.1, 0.15) is 36.1 Å². The lowest BCUT2D eigenvalue weighted by Gasteiger charge is -2.27. The van der Waals surface area contributed by atoms with Crippen molar-refractivity contribution in [2.45, 2.75) is 38.4 Å². The molecule has 0 saturated carbocycles. The molecule has 0 aliphatic carbocycles. The van der Waals surface area contributed by atoms with Crippen molar-refractivity contribution in [2.24, 2.45) is 0 Å². The normalized spacial score (nSPS) is 16.8. The first-order chi connectivity index (χ1) is 14.1. The molecular formula is C24H27N3O2. The Hall–Kier alpha value is -3.05. The van der Waals surface area contributed by atoms with Crippen LogP contribution in [0.15, 0.2) is 60.7 Å². The molecule has 1 aliphatic heterocycles. The third-order valence-corrected chi connectivity index (χ3v) is 5.64. The van der Waals surface area contributed by atoms with Gasteiger partial charge in [0, 0.05) is 19.1 Å². The maximum atomic E-state index is 12.5. The second-order valence-corrected chi connectivity index (χ2v) is 7.66. The van der Waals surface area contributed by atoms with Gasteiger partial charge in [-0.25, -0.2) is 4.79 Å². The quantitative estimate of drug-likeness (QED) is 0.533. The second-order valence-electron chi connectivity index (χ2n) is 7.66. The Morgan fingerprint density at radius 1 is 1.10 bits per heavy atom. The minimum Gasteiger partial charge on any atom is -0.508 e. The Kier molecular flexibility index (Phi) is 5.67. The lowest BCUT2D eigenvalue weighted by Crippen LogP contribution is -2.47. The lowest BCUT2D eigenvalue weighted by molar-refractivity contribution is 0.235. The fraction of sp³-hybridized carbons (Fsp3) is 0.292. The lowest BCUT2D eigenvalue weighted by atomic mass is 9.95. The van der Waals surface area contributed by atoms with Gasteiger partial charge in [-0.1, -0.05) is 49.4 Å². The molecule has 2 amide bonds. The molecule has 2 atom stereocenters. The zero-order chi connectivity index (χ0) is 20.2. The summed E-state index contributed by atoms with van der Waals surface area (Å²) in [4.78, 5) is 12.5. The second kappa shape index (κ2) is 8.53. The number of urea groups is 1. The Labute approximate surface area is 171 Å². The highest BCUT2D eigenvalue weighted by Crippen LogP contribution is 2.23. The van der Waals surface area contributed by atoms with Crippen LogP contribution in [0.4, 0.5) is 4.79 Å². The molecule has 0 spiro atoms. The molecule has 0 fully saturated rings. The van der Waals surface area contributed by atoms with Crippen molar-refractivity contribution in [3.63, 3.8) is 0 Å². The van der Waals surface area contributed by atoms with E-state index in [1.165, 1.54) is 16.3 Å². The number of fused-ring (bicyclic) bond motifs is 2. The van der Waals surface area contributed by atoms with Gasteiger partial charge < -0.3 is 21.1 Å². The summed E-state index contributed by atoms with van der Waals surface area (Å²) in [6, 6.07) is 20.1. The first-order valence-corrected chi connectivity index (χ1v) is 10.2. The van der Waals surface area contributed by atoms with E-state index in [1.54, 1.807) is 12.1 Å². The molecule has 3 aromatic rings. The van der Waals surface area contributed by atoms with Gasteiger partial charge in [-0.15, -0.1) is 0 Å². The van der Waals surface area contributed by atoms with Crippen molar-refractivity contribution in [3.8, 4) is 5.75 Å². The van der Waals surface area contributed by atoms with Gasteiger partial charge in [0.1, 0.15) is 5.75 Å². The third kappa shape index (κ3) is 4.51. The molecule has 0 saturated heterocycles. The molecule has 2 unspecified atom stereocenters. The molecule has 0 bridgehead atoms. The predicted molar refractivity (Wildman–Crippen MR) is 116 cm³/mol. The van der Waals surface area contributed by atoms with E-state index in [0.717, 1.165) is 24.0 Å². The molecule has 3 aromatic carbocycles. The summed E-state index contributed by atoms with van der Waals surface area (Å²) in [5, 5.41) is 21.5. The van der Waals surface area contributed by atoms with Gasteiger partial charge >= 0.3 is 6.03 Å². The summed E-state index contributed by atoms with van der Waals surface area (Å²) in [6.07, 6.45) is 1.65. The molecule has 4 rings (SSSR count). The van der Waals surface area contributed by atoms with E-state index in [2.05, 4.69) is 53.2 Å². The number of aromatic hydroxyl groups is 1. The number of carbonyl (C=O) groups is 1. The molecular weight excluding hydrogens is 362 g/mol. The van der Waals surface area contributed by atoms with Crippen LogP contribution in [0.25, 0.3) is 10.8 Å². The number of hydrogen-bond donors (Lipinski definition) is 4. The monoisotopic (exact) mass is 389 g/mol. The number of carbonyl (C=O) groups excluding carboxylic acids is 1. The number of nitrogens with one attached hydrogen (secondary N) is 3. The third-order valence-electron chi connectivity index (χ3n) is 5.64. The van der Waals surface area contributed by atoms with Crippen LogP contribution in [0.2, 0.25) is 0 Å². The average Bonchev–Trinajstić information content (AvgIpc) is 2.75. The number of phenolic OH excluding ortho intramolecular Hbond substituents is 1. The highest BCUT2D eigenvalue weighted by molar-refractivity contribution is 5.83. The maximum absolute atomic E-state index is 12.5. The maximum Gasteiger partial charge on any atom is 0.315 e. The van der Waals surface area contributed by atoms with Crippen LogP contribution in [-0.2, 0) is 13.0 Å². The van der Waals surface area contributed by atoms with Crippen LogP contribution < -0.4 is 16.0 Å². The highest BCUT2D eigenvalue weighted by Gasteiger charge is 2.19. The standard InChI is InChI=1S/C24H27N3O2/c1-2-23(19-8-7-16-5-3-4-6-17(16)11-19)27-24(29)26-15-21-12-18-9-10-22(28)13-20(18)14-25-21/h3-11,13,21,23,25,28H,2,12,14-15H2,1H3,(H2,26,27,29). The van der Waals surface area contributed by atoms with Gasteiger partial charge in [0.2, 0.25) is 0 Å². The summed E-state index contributed by atoms with van der Waals surface area (Å²) in [6.45, 7) is 3.34.